The zero-order valence-corrected chi connectivity index (χ0v) is 21.8. The van der Waals surface area contributed by atoms with E-state index in [4.69, 9.17) is 4.74 Å². The van der Waals surface area contributed by atoms with E-state index in [1.165, 1.54) is 0 Å². The van der Waals surface area contributed by atoms with Gasteiger partial charge >= 0.3 is 0 Å². The third-order valence-corrected chi connectivity index (χ3v) is 7.83. The quantitative estimate of drug-likeness (QED) is 0.517. The molecule has 1 aliphatic rings. The van der Waals surface area contributed by atoms with Crippen LogP contribution in [0.5, 0.6) is 11.5 Å². The highest BCUT2D eigenvalue weighted by molar-refractivity contribution is 5.88. The molecule has 2 aromatic carbocycles. The Balaban J connectivity index is 1.73. The van der Waals surface area contributed by atoms with E-state index in [0.29, 0.717) is 17.1 Å². The molecule has 1 aromatic heterocycles. The van der Waals surface area contributed by atoms with Crippen molar-refractivity contribution in [3.05, 3.63) is 77.4 Å². The maximum Gasteiger partial charge on any atom is 0.232 e. The molecule has 7 heteroatoms. The van der Waals surface area contributed by atoms with Gasteiger partial charge in [0.1, 0.15) is 17.6 Å². The van der Waals surface area contributed by atoms with Gasteiger partial charge < -0.3 is 19.5 Å². The van der Waals surface area contributed by atoms with Gasteiger partial charge in [0.25, 0.3) is 0 Å². The van der Waals surface area contributed by atoms with Gasteiger partial charge in [-0.15, -0.1) is 0 Å². The number of carbonyl (C=O) groups is 1. The molecule has 0 radical (unpaired) electrons. The lowest BCUT2D eigenvalue weighted by molar-refractivity contribution is -0.135. The first kappa shape index (κ1) is 25.5. The Morgan fingerprint density at radius 1 is 1.22 bits per heavy atom. The molecule has 0 spiro atoms. The third-order valence-electron chi connectivity index (χ3n) is 7.83. The van der Waals surface area contributed by atoms with Gasteiger partial charge in [0.05, 0.1) is 34.7 Å². The fraction of sp³-hybridized carbons (Fsp3) is 0.414. The Kier molecular flexibility index (Phi) is 7.18. The van der Waals surface area contributed by atoms with Crippen molar-refractivity contribution in [1.82, 2.24) is 19.8 Å². The molecular weight excluding hydrogens is 450 g/mol. The van der Waals surface area contributed by atoms with E-state index in [2.05, 4.69) is 30.2 Å². The number of nitrogens with one attached hydrogen (secondary N) is 1. The van der Waals surface area contributed by atoms with Gasteiger partial charge in [0.15, 0.2) is 0 Å². The van der Waals surface area contributed by atoms with Crippen LogP contribution >= 0.6 is 0 Å². The van der Waals surface area contributed by atoms with Crippen molar-refractivity contribution in [3.63, 3.8) is 0 Å². The van der Waals surface area contributed by atoms with Crippen molar-refractivity contribution in [2.75, 3.05) is 20.6 Å². The minimum absolute atomic E-state index is 0.167. The van der Waals surface area contributed by atoms with E-state index in [1.807, 2.05) is 73.2 Å². The number of hydrogen-bond acceptors (Lipinski definition) is 5. The van der Waals surface area contributed by atoms with Crippen molar-refractivity contribution in [2.24, 2.45) is 7.05 Å². The van der Waals surface area contributed by atoms with Crippen LogP contribution in [-0.4, -0.2) is 41.0 Å². The zero-order chi connectivity index (χ0) is 25.9. The van der Waals surface area contributed by atoms with Crippen LogP contribution in [0, 0.1) is 11.3 Å². The van der Waals surface area contributed by atoms with E-state index in [0.717, 1.165) is 49.0 Å². The van der Waals surface area contributed by atoms with Crippen molar-refractivity contribution < 1.29 is 9.53 Å². The number of hydrogen-bond donors (Lipinski definition) is 1. The first-order chi connectivity index (χ1) is 17.3. The van der Waals surface area contributed by atoms with E-state index in [9.17, 15) is 10.1 Å². The minimum atomic E-state index is -0.561. The lowest BCUT2D eigenvalue weighted by Gasteiger charge is -2.33. The minimum Gasteiger partial charge on any atom is -0.456 e. The molecule has 2 heterocycles. The Bertz CT molecular complexity index is 1290. The zero-order valence-electron chi connectivity index (χ0n) is 21.8. The predicted octanol–water partition coefficient (Wildman–Crippen LogP) is 4.86. The summed E-state index contributed by atoms with van der Waals surface area (Å²) in [7, 11) is 5.75. The summed E-state index contributed by atoms with van der Waals surface area (Å²) in [5.74, 6) is 1.26. The maximum atomic E-state index is 13.4. The van der Waals surface area contributed by atoms with E-state index in [1.54, 1.807) is 12.4 Å². The number of amides is 1. The number of likely N-dealkylation sites (N-methyl/N-ethyl adjacent to an activating group) is 1. The molecule has 36 heavy (non-hydrogen) atoms. The molecule has 1 fully saturated rings. The van der Waals surface area contributed by atoms with E-state index >= 15 is 0 Å². The summed E-state index contributed by atoms with van der Waals surface area (Å²) in [6.07, 6.45) is 7.17. The Morgan fingerprint density at radius 2 is 2.03 bits per heavy atom. The summed E-state index contributed by atoms with van der Waals surface area (Å²) in [4.78, 5) is 19.6. The maximum absolute atomic E-state index is 13.4. The molecule has 1 amide bonds. The summed E-state index contributed by atoms with van der Waals surface area (Å²) in [6, 6.07) is 15.7. The number of carbonyl (C=O) groups excluding carboxylic acids is 1. The molecule has 1 N–H and O–H groups in total. The molecule has 188 valence electrons. The van der Waals surface area contributed by atoms with Gasteiger partial charge in [-0.2, -0.15) is 5.26 Å². The van der Waals surface area contributed by atoms with Crippen LogP contribution < -0.4 is 10.1 Å². The van der Waals surface area contributed by atoms with E-state index < -0.39 is 11.0 Å². The molecule has 0 unspecified atom stereocenters. The largest absolute Gasteiger partial charge is 0.456 e. The Labute approximate surface area is 213 Å². The molecule has 1 aliphatic heterocycles. The number of nitriles is 1. The molecule has 3 aromatic rings. The van der Waals surface area contributed by atoms with E-state index in [-0.39, 0.29) is 5.91 Å². The first-order valence-corrected chi connectivity index (χ1v) is 12.5. The lowest BCUT2D eigenvalue weighted by Crippen LogP contribution is -2.43. The number of ether oxygens (including phenoxy) is 1. The van der Waals surface area contributed by atoms with Crippen molar-refractivity contribution >= 4 is 5.91 Å². The topological polar surface area (TPSA) is 83.2 Å². The summed E-state index contributed by atoms with van der Waals surface area (Å²) in [5.41, 5.74) is 2.25. The van der Waals surface area contributed by atoms with Crippen LogP contribution in [0.25, 0.3) is 0 Å². The standard InChI is InChI=1S/C29H35N5O2/c1-6-29(14-7-8-15-33(4)27(29)35)23-10-9-11-24(16-23)36-25-17-22(13-12-21(25)18-30)28(2,31-3)26-19-32-20-34(26)5/h9-13,16-17,19-20,31H,6-8,14-15H2,1-5H3/t28-,29-/m0/s1. The summed E-state index contributed by atoms with van der Waals surface area (Å²) in [5, 5.41) is 13.2. The van der Waals surface area contributed by atoms with Gasteiger partial charge in [-0.25, -0.2) is 4.98 Å². The Hall–Kier alpha value is -3.63. The SMILES string of the molecule is CC[C@@]1(c2cccc(Oc3cc([C@](C)(NC)c4cncn4C)ccc3C#N)c2)CCCCN(C)C1=O. The van der Waals surface area contributed by atoms with Gasteiger partial charge in [-0.3, -0.25) is 4.79 Å². The van der Waals surface area contributed by atoms with Gasteiger partial charge in [0.2, 0.25) is 5.91 Å². The number of aromatic nitrogens is 2. The van der Waals surface area contributed by atoms with Gasteiger partial charge in [0, 0.05) is 20.6 Å². The summed E-state index contributed by atoms with van der Waals surface area (Å²) in [6.45, 7) is 4.95. The molecule has 0 aliphatic carbocycles. The number of imidazole rings is 1. The predicted molar refractivity (Wildman–Crippen MR) is 140 cm³/mol. The van der Waals surface area contributed by atoms with Crippen LogP contribution in [0.4, 0.5) is 0 Å². The Morgan fingerprint density at radius 3 is 2.69 bits per heavy atom. The monoisotopic (exact) mass is 485 g/mol. The average molecular weight is 486 g/mol. The summed E-state index contributed by atoms with van der Waals surface area (Å²) >= 11 is 0. The second-order valence-electron chi connectivity index (χ2n) is 9.84. The van der Waals surface area contributed by atoms with Crippen LogP contribution in [0.3, 0.4) is 0 Å². The normalized spacial score (nSPS) is 19.9. The first-order valence-electron chi connectivity index (χ1n) is 12.5. The second kappa shape index (κ2) is 10.2. The average Bonchev–Trinajstić information content (AvgIpc) is 3.28. The molecule has 1 saturated heterocycles. The molecular formula is C29H35N5O2. The van der Waals surface area contributed by atoms with Crippen molar-refractivity contribution in [1.29, 1.82) is 5.26 Å². The molecule has 0 saturated carbocycles. The fourth-order valence-electron chi connectivity index (χ4n) is 5.40. The number of likely N-dealkylation sites (tertiary alicyclic amines) is 1. The van der Waals surface area contributed by atoms with Crippen LogP contribution in [0.2, 0.25) is 0 Å². The third kappa shape index (κ3) is 4.38. The van der Waals surface area contributed by atoms with Gasteiger partial charge in [-0.05, 0) is 68.6 Å². The molecule has 7 nitrogen and oxygen atoms in total. The highest BCUT2D eigenvalue weighted by Crippen LogP contribution is 2.40. The summed E-state index contributed by atoms with van der Waals surface area (Å²) < 4.78 is 8.32. The highest BCUT2D eigenvalue weighted by Gasteiger charge is 2.41. The van der Waals surface area contributed by atoms with Gasteiger partial charge in [-0.1, -0.05) is 31.5 Å². The highest BCUT2D eigenvalue weighted by atomic mass is 16.5. The molecule has 0 bridgehead atoms. The number of aryl methyl sites for hydroxylation is 1. The van der Waals surface area contributed by atoms with Crippen LogP contribution in [0.15, 0.2) is 55.0 Å². The van der Waals surface area contributed by atoms with Crippen LogP contribution in [0.1, 0.15) is 61.9 Å². The number of rotatable bonds is 7. The van der Waals surface area contributed by atoms with Crippen LogP contribution in [-0.2, 0) is 22.8 Å². The number of nitrogens with zero attached hydrogens (tertiary/aromatic N) is 4. The lowest BCUT2D eigenvalue weighted by atomic mass is 9.73. The molecule has 4 rings (SSSR count). The van der Waals surface area contributed by atoms with Crippen molar-refractivity contribution in [3.8, 4) is 17.6 Å². The fourth-order valence-corrected chi connectivity index (χ4v) is 5.40. The van der Waals surface area contributed by atoms with Crippen molar-refractivity contribution in [2.45, 2.75) is 50.5 Å². The molecule has 2 atom stereocenters. The second-order valence-corrected chi connectivity index (χ2v) is 9.84. The number of benzene rings is 2. The smallest absolute Gasteiger partial charge is 0.232 e.